The highest BCUT2D eigenvalue weighted by atomic mass is 19.4. The number of halogens is 9. The Morgan fingerprint density at radius 3 is 2.02 bits per heavy atom. The molecule has 232 valence electrons. The van der Waals surface area contributed by atoms with Gasteiger partial charge in [-0.1, -0.05) is 0 Å². The van der Waals surface area contributed by atoms with Crippen molar-refractivity contribution in [3.8, 4) is 0 Å². The maximum atomic E-state index is 14.3. The lowest BCUT2D eigenvalue weighted by Crippen LogP contribution is -2.54. The van der Waals surface area contributed by atoms with Gasteiger partial charge in [0.1, 0.15) is 6.17 Å². The van der Waals surface area contributed by atoms with E-state index in [1.165, 1.54) is 7.11 Å². The van der Waals surface area contributed by atoms with Crippen LogP contribution in [0.3, 0.4) is 0 Å². The van der Waals surface area contributed by atoms with E-state index >= 15 is 0 Å². The van der Waals surface area contributed by atoms with Gasteiger partial charge >= 0.3 is 18.5 Å². The van der Waals surface area contributed by atoms with Crippen molar-refractivity contribution in [1.82, 2.24) is 5.32 Å². The second-order valence-electron chi connectivity index (χ2n) is 10.8. The number of carbonyl (C=O) groups is 2. The van der Waals surface area contributed by atoms with E-state index in [0.717, 1.165) is 0 Å². The molecule has 9 atom stereocenters. The monoisotopic (exact) mass is 600 g/mol. The fourth-order valence-electron chi connectivity index (χ4n) is 6.00. The first kappa shape index (κ1) is 32.7. The zero-order chi connectivity index (χ0) is 30.0. The van der Waals surface area contributed by atoms with Crippen LogP contribution in [0, 0.1) is 17.8 Å². The Hall–Kier alpha value is -1.81. The molecule has 0 aliphatic heterocycles. The van der Waals surface area contributed by atoms with E-state index in [1.807, 2.05) is 0 Å². The Morgan fingerprint density at radius 2 is 1.45 bits per heavy atom. The predicted octanol–water partition coefficient (Wildman–Crippen LogP) is 4.57. The second-order valence-corrected chi connectivity index (χ2v) is 10.8. The van der Waals surface area contributed by atoms with E-state index in [2.05, 4.69) is 10.1 Å². The molecule has 3 N–H and O–H groups in total. The van der Waals surface area contributed by atoms with Crippen LogP contribution < -0.4 is 11.1 Å². The Morgan fingerprint density at radius 1 is 0.800 bits per heavy atom. The Balaban J connectivity index is 1.76. The molecule has 3 rings (SSSR count). The van der Waals surface area contributed by atoms with E-state index in [1.54, 1.807) is 0 Å². The molecule has 0 spiro atoms. The van der Waals surface area contributed by atoms with Crippen molar-refractivity contribution in [2.75, 3.05) is 7.11 Å². The summed E-state index contributed by atoms with van der Waals surface area (Å²) in [5.74, 6) is -11.8. The van der Waals surface area contributed by atoms with E-state index in [4.69, 9.17) is 15.2 Å². The maximum Gasteiger partial charge on any atom is 0.522 e. The summed E-state index contributed by atoms with van der Waals surface area (Å²) in [5.41, 5.74) is 5.21. The molecule has 0 aromatic heterocycles. The highest BCUT2D eigenvalue weighted by molar-refractivity contribution is 5.80. The minimum atomic E-state index is -5.85. The summed E-state index contributed by atoms with van der Waals surface area (Å²) in [6, 6.07) is -0.775. The molecular formula is C24H33F9N2O5. The van der Waals surface area contributed by atoms with Gasteiger partial charge in [0.05, 0.1) is 36.3 Å². The predicted molar refractivity (Wildman–Crippen MR) is 119 cm³/mol. The average molecular weight is 601 g/mol. The van der Waals surface area contributed by atoms with Crippen molar-refractivity contribution < 1.29 is 63.3 Å². The minimum Gasteiger partial charge on any atom is -0.379 e. The smallest absolute Gasteiger partial charge is 0.379 e. The van der Waals surface area contributed by atoms with Crippen LogP contribution in [0.2, 0.25) is 0 Å². The number of ether oxygens (including phenoxy) is 3. The first-order chi connectivity index (χ1) is 18.4. The molecule has 16 heteroatoms. The van der Waals surface area contributed by atoms with Crippen LogP contribution in [-0.4, -0.2) is 74.0 Å². The molecule has 0 aromatic carbocycles. The van der Waals surface area contributed by atoms with Gasteiger partial charge in [-0.2, -0.15) is 22.0 Å². The quantitative estimate of drug-likeness (QED) is 0.398. The number of nitrogens with one attached hydrogen (secondary N) is 1. The van der Waals surface area contributed by atoms with E-state index in [9.17, 15) is 49.1 Å². The van der Waals surface area contributed by atoms with E-state index < -0.39 is 97.5 Å². The Labute approximate surface area is 224 Å². The summed E-state index contributed by atoms with van der Waals surface area (Å²) in [5, 5.41) is 2.53. The fraction of sp³-hybridized carbons (Fsp3) is 0.917. The zero-order valence-electron chi connectivity index (χ0n) is 21.6. The van der Waals surface area contributed by atoms with Gasteiger partial charge in [0.2, 0.25) is 11.8 Å². The molecule has 0 heterocycles. The molecule has 9 unspecified atom stereocenters. The first-order valence-corrected chi connectivity index (χ1v) is 13.0. The summed E-state index contributed by atoms with van der Waals surface area (Å²) >= 11 is 0. The van der Waals surface area contributed by atoms with Gasteiger partial charge in [-0.3, -0.25) is 14.3 Å². The molecule has 0 saturated heterocycles. The number of nitrogens with two attached hydrogens (primary N) is 1. The van der Waals surface area contributed by atoms with Crippen LogP contribution in [0.15, 0.2) is 0 Å². The third-order valence-electron chi connectivity index (χ3n) is 8.13. The minimum absolute atomic E-state index is 0.00691. The van der Waals surface area contributed by atoms with Gasteiger partial charge in [0, 0.05) is 25.5 Å². The summed E-state index contributed by atoms with van der Waals surface area (Å²) < 4.78 is 135. The number of amides is 2. The summed E-state index contributed by atoms with van der Waals surface area (Å²) in [7, 11) is 1.22. The van der Waals surface area contributed by atoms with Crippen LogP contribution in [0.5, 0.6) is 0 Å². The Bertz CT molecular complexity index is 888. The molecular weight excluding hydrogens is 567 g/mol. The van der Waals surface area contributed by atoms with Crippen LogP contribution in [0.1, 0.15) is 57.8 Å². The maximum absolute atomic E-state index is 14.3. The number of hydrogen-bond acceptors (Lipinski definition) is 5. The van der Waals surface area contributed by atoms with Gasteiger partial charge in [-0.25, -0.2) is 4.39 Å². The first-order valence-electron chi connectivity index (χ1n) is 13.0. The lowest BCUT2D eigenvalue weighted by atomic mass is 9.75. The summed E-state index contributed by atoms with van der Waals surface area (Å²) in [4.78, 5) is 24.8. The number of hydrogen-bond donors (Lipinski definition) is 2. The molecule has 3 aliphatic rings. The van der Waals surface area contributed by atoms with Crippen molar-refractivity contribution in [2.24, 2.45) is 23.5 Å². The van der Waals surface area contributed by atoms with Gasteiger partial charge in [0.25, 0.3) is 0 Å². The average Bonchev–Trinajstić information content (AvgIpc) is 2.84. The molecule has 0 bridgehead atoms. The third-order valence-corrected chi connectivity index (χ3v) is 8.13. The number of carbonyl (C=O) groups excluding carboxylic acids is 2. The Kier molecular flexibility index (Phi) is 10.3. The number of methoxy groups -OCH3 is 1. The molecule has 0 radical (unpaired) electrons. The standard InChI is InChI=1S/C24H33F9N2O5/c1-38-19-10-13(40-24(31,32)33)4-7-18(19)39-17-6-2-11(22(26,27)23(28,29)30)8-15(17)21(37)35-12-3-5-16(25)14(9-12)20(34)36/h11-19H,2-10H2,1H3,(H2,34,36)(H,35,37). The third kappa shape index (κ3) is 7.93. The highest BCUT2D eigenvalue weighted by Crippen LogP contribution is 2.49. The number of rotatable bonds is 8. The SMILES string of the molecule is COC1CC(OC(F)(F)F)CCC1OC1CCC(C(F)(F)C(F)(F)F)CC1C(=O)NC1CCC(F)C(C(N)=O)C1. The topological polar surface area (TPSA) is 99.9 Å². The van der Waals surface area contributed by atoms with Crippen LogP contribution >= 0.6 is 0 Å². The number of primary amides is 1. The van der Waals surface area contributed by atoms with Gasteiger partial charge < -0.3 is 20.5 Å². The number of alkyl halides is 9. The summed E-state index contributed by atoms with van der Waals surface area (Å²) in [6.45, 7) is 0. The molecule has 3 aliphatic carbocycles. The van der Waals surface area contributed by atoms with Crippen molar-refractivity contribution in [3.05, 3.63) is 0 Å². The summed E-state index contributed by atoms with van der Waals surface area (Å²) in [6.07, 6.45) is -18.8. The zero-order valence-corrected chi connectivity index (χ0v) is 21.6. The normalized spacial score (nSPS) is 36.2. The molecule has 2 amide bonds. The fourth-order valence-corrected chi connectivity index (χ4v) is 6.00. The van der Waals surface area contributed by atoms with Crippen molar-refractivity contribution in [3.63, 3.8) is 0 Å². The van der Waals surface area contributed by atoms with Crippen molar-refractivity contribution >= 4 is 11.8 Å². The second kappa shape index (κ2) is 12.6. The van der Waals surface area contributed by atoms with Gasteiger partial charge in [0.15, 0.2) is 0 Å². The molecule has 3 saturated carbocycles. The van der Waals surface area contributed by atoms with Crippen molar-refractivity contribution in [2.45, 2.75) is 113 Å². The molecule has 3 fully saturated rings. The van der Waals surface area contributed by atoms with E-state index in [-0.39, 0.29) is 44.9 Å². The lowest BCUT2D eigenvalue weighted by Gasteiger charge is -2.43. The van der Waals surface area contributed by atoms with Crippen LogP contribution in [0.4, 0.5) is 39.5 Å². The molecule has 7 nitrogen and oxygen atoms in total. The van der Waals surface area contributed by atoms with Gasteiger partial charge in [-0.05, 0) is 51.4 Å². The van der Waals surface area contributed by atoms with Crippen molar-refractivity contribution in [1.29, 1.82) is 0 Å². The van der Waals surface area contributed by atoms with Gasteiger partial charge in [-0.15, -0.1) is 13.2 Å². The lowest BCUT2D eigenvalue weighted by molar-refractivity contribution is -0.349. The largest absolute Gasteiger partial charge is 0.522 e. The van der Waals surface area contributed by atoms with Crippen LogP contribution in [0.25, 0.3) is 0 Å². The highest BCUT2D eigenvalue weighted by Gasteiger charge is 2.63. The van der Waals surface area contributed by atoms with Crippen LogP contribution in [-0.2, 0) is 23.8 Å². The molecule has 0 aromatic rings. The molecule has 40 heavy (non-hydrogen) atoms. The van der Waals surface area contributed by atoms with E-state index in [0.29, 0.717) is 0 Å².